The summed E-state index contributed by atoms with van der Waals surface area (Å²) in [5.74, 6) is -0.321. The summed E-state index contributed by atoms with van der Waals surface area (Å²) < 4.78 is 26.9. The smallest absolute Gasteiger partial charge is 0.161 e. The predicted octanol–water partition coefficient (Wildman–Crippen LogP) is 4.27. The third kappa shape index (κ3) is 3.23. The molecule has 0 spiro atoms. The van der Waals surface area contributed by atoms with E-state index in [0.29, 0.717) is 16.2 Å². The second-order valence-corrected chi connectivity index (χ2v) is 6.76. The van der Waals surface area contributed by atoms with E-state index in [4.69, 9.17) is 0 Å². The van der Waals surface area contributed by atoms with Gasteiger partial charge in [-0.1, -0.05) is 25.6 Å². The van der Waals surface area contributed by atoms with Gasteiger partial charge in [0.05, 0.1) is 5.69 Å². The molecule has 0 unspecified atom stereocenters. The molecule has 0 fully saturated rings. The summed E-state index contributed by atoms with van der Waals surface area (Å²) in [6.07, 6.45) is 0. The second-order valence-electron chi connectivity index (χ2n) is 4.94. The van der Waals surface area contributed by atoms with Crippen LogP contribution >= 0.6 is 27.7 Å². The maximum absolute atomic E-state index is 13.6. The van der Waals surface area contributed by atoms with Crippen LogP contribution in [0.2, 0.25) is 0 Å². The Morgan fingerprint density at radius 2 is 2.11 bits per heavy atom. The van der Waals surface area contributed by atoms with Crippen molar-refractivity contribution in [3.63, 3.8) is 0 Å². The van der Waals surface area contributed by atoms with Crippen molar-refractivity contribution in [2.75, 3.05) is 17.6 Å². The number of hydrogen-bond donors (Lipinski definition) is 1. The summed E-state index contributed by atoms with van der Waals surface area (Å²) in [6.45, 7) is 4.96. The van der Waals surface area contributed by atoms with Gasteiger partial charge in [-0.2, -0.15) is 0 Å². The number of hydrogen-bond acceptors (Lipinski definition) is 3. The van der Waals surface area contributed by atoms with Crippen LogP contribution in [0.25, 0.3) is 0 Å². The number of rotatable bonds is 1. The molecule has 1 aliphatic rings. The van der Waals surface area contributed by atoms with E-state index in [1.54, 1.807) is 11.8 Å². The highest BCUT2D eigenvalue weighted by Crippen LogP contribution is 2.31. The quantitative estimate of drug-likeness (QED) is 0.829. The van der Waals surface area contributed by atoms with Crippen LogP contribution in [0.5, 0.6) is 0 Å². The van der Waals surface area contributed by atoms with E-state index in [2.05, 4.69) is 40.1 Å². The highest BCUT2D eigenvalue weighted by Gasteiger charge is 2.24. The van der Waals surface area contributed by atoms with Crippen LogP contribution in [0.15, 0.2) is 21.6 Å². The van der Waals surface area contributed by atoms with Crippen LogP contribution in [-0.4, -0.2) is 17.5 Å². The van der Waals surface area contributed by atoms with Crippen LogP contribution in [0.1, 0.15) is 13.8 Å². The maximum atomic E-state index is 13.6. The van der Waals surface area contributed by atoms with Gasteiger partial charge in [0.15, 0.2) is 11.0 Å². The molecule has 1 aromatic carbocycles. The van der Waals surface area contributed by atoms with Crippen LogP contribution in [0, 0.1) is 17.0 Å². The molecule has 0 radical (unpaired) electrons. The van der Waals surface area contributed by atoms with E-state index >= 15 is 0 Å². The fraction of sp³-hybridized carbons (Fsp3) is 0.417. The number of anilines is 1. The first-order valence-electron chi connectivity index (χ1n) is 5.46. The Kier molecular flexibility index (Phi) is 3.96. The minimum atomic E-state index is -0.630. The molecule has 1 N–H and O–H groups in total. The molecule has 1 heterocycles. The fourth-order valence-electron chi connectivity index (χ4n) is 1.48. The minimum absolute atomic E-state index is 0.161. The van der Waals surface area contributed by atoms with Crippen molar-refractivity contribution in [3.8, 4) is 0 Å². The Morgan fingerprint density at radius 1 is 1.39 bits per heavy atom. The van der Waals surface area contributed by atoms with E-state index in [1.165, 1.54) is 6.07 Å². The zero-order valence-corrected chi connectivity index (χ0v) is 12.5. The van der Waals surface area contributed by atoms with Crippen molar-refractivity contribution in [1.82, 2.24) is 0 Å². The van der Waals surface area contributed by atoms with E-state index in [1.807, 2.05) is 0 Å². The van der Waals surface area contributed by atoms with Crippen LogP contribution in [0.3, 0.4) is 0 Å². The molecule has 6 heteroatoms. The van der Waals surface area contributed by atoms with Crippen LogP contribution in [-0.2, 0) is 0 Å². The number of aliphatic imine (C=N–C) groups is 1. The topological polar surface area (TPSA) is 24.4 Å². The van der Waals surface area contributed by atoms with Gasteiger partial charge in [0.1, 0.15) is 5.82 Å². The lowest BCUT2D eigenvalue weighted by Gasteiger charge is -2.27. The number of benzene rings is 1. The summed E-state index contributed by atoms with van der Waals surface area (Å²) in [5.41, 5.74) is 0.386. The Morgan fingerprint density at radius 3 is 2.67 bits per heavy atom. The summed E-state index contributed by atoms with van der Waals surface area (Å²) >= 11 is 4.68. The molecular formula is C12H13BrF2N2S. The van der Waals surface area contributed by atoms with Crippen LogP contribution in [0.4, 0.5) is 14.5 Å². The third-order valence-corrected chi connectivity index (χ3v) is 4.54. The molecule has 0 amide bonds. The number of amidine groups is 1. The van der Waals surface area contributed by atoms with Gasteiger partial charge >= 0.3 is 0 Å². The van der Waals surface area contributed by atoms with Gasteiger partial charge in [0.25, 0.3) is 0 Å². The molecule has 18 heavy (non-hydrogen) atoms. The minimum Gasteiger partial charge on any atom is -0.332 e. The largest absolute Gasteiger partial charge is 0.332 e. The van der Waals surface area contributed by atoms with Gasteiger partial charge in [-0.3, -0.25) is 4.99 Å². The van der Waals surface area contributed by atoms with E-state index in [9.17, 15) is 8.78 Å². The Balaban J connectivity index is 2.18. The van der Waals surface area contributed by atoms with Crippen LogP contribution < -0.4 is 5.32 Å². The molecule has 2 rings (SSSR count). The van der Waals surface area contributed by atoms with Crippen molar-refractivity contribution in [1.29, 1.82) is 0 Å². The normalized spacial score (nSPS) is 18.4. The van der Waals surface area contributed by atoms with Crippen molar-refractivity contribution in [2.24, 2.45) is 10.4 Å². The summed E-state index contributed by atoms with van der Waals surface area (Å²) in [5, 5.41) is 3.57. The van der Waals surface area contributed by atoms with E-state index in [-0.39, 0.29) is 11.1 Å². The molecule has 98 valence electrons. The molecule has 0 atom stereocenters. The molecule has 2 nitrogen and oxygen atoms in total. The van der Waals surface area contributed by atoms with Crippen molar-refractivity contribution >= 4 is 38.5 Å². The summed E-state index contributed by atoms with van der Waals surface area (Å²) in [7, 11) is 0. The molecular weight excluding hydrogens is 322 g/mol. The van der Waals surface area contributed by atoms with Gasteiger partial charge in [-0.05, 0) is 27.4 Å². The first kappa shape index (κ1) is 13.8. The highest BCUT2D eigenvalue weighted by atomic mass is 79.9. The third-order valence-electron chi connectivity index (χ3n) is 2.49. The lowest BCUT2D eigenvalue weighted by Crippen LogP contribution is -2.27. The summed E-state index contributed by atoms with van der Waals surface area (Å²) in [6, 6.07) is 2.08. The lowest BCUT2D eigenvalue weighted by atomic mass is 9.97. The molecule has 0 saturated heterocycles. The standard InChI is InChI=1S/C12H13BrF2N2S/c1-12(2)5-16-11(18-6-12)17-10-8(13)3-7(14)4-9(10)15/h3-4H,5-6H2,1-2H3,(H,16,17). The van der Waals surface area contributed by atoms with Gasteiger partial charge < -0.3 is 5.32 Å². The maximum Gasteiger partial charge on any atom is 0.161 e. The number of nitrogens with one attached hydrogen (secondary N) is 1. The average Bonchev–Trinajstić information content (AvgIpc) is 2.25. The zero-order valence-electron chi connectivity index (χ0n) is 10.1. The Hall–Kier alpha value is -0.620. The molecule has 1 aromatic rings. The number of nitrogens with zero attached hydrogens (tertiary/aromatic N) is 1. The first-order chi connectivity index (χ1) is 8.37. The SMILES string of the molecule is CC1(C)CN=C(Nc2c(F)cc(F)cc2Br)SC1. The zero-order chi connectivity index (χ0) is 13.3. The van der Waals surface area contributed by atoms with Gasteiger partial charge in [-0.25, -0.2) is 8.78 Å². The van der Waals surface area contributed by atoms with Gasteiger partial charge in [0.2, 0.25) is 0 Å². The number of thioether (sulfide) groups is 1. The van der Waals surface area contributed by atoms with Gasteiger partial charge in [-0.15, -0.1) is 0 Å². The van der Waals surface area contributed by atoms with E-state index in [0.717, 1.165) is 11.8 Å². The molecule has 1 aliphatic heterocycles. The summed E-state index contributed by atoms with van der Waals surface area (Å²) in [4.78, 5) is 4.37. The van der Waals surface area contributed by atoms with Gasteiger partial charge in [0, 0.05) is 22.8 Å². The molecule has 0 saturated carbocycles. The lowest BCUT2D eigenvalue weighted by molar-refractivity contribution is 0.438. The monoisotopic (exact) mass is 334 g/mol. The van der Waals surface area contributed by atoms with Crippen molar-refractivity contribution in [3.05, 3.63) is 28.2 Å². The highest BCUT2D eigenvalue weighted by molar-refractivity contribution is 9.10. The second kappa shape index (κ2) is 5.17. The van der Waals surface area contributed by atoms with E-state index < -0.39 is 11.6 Å². The number of halogens is 3. The first-order valence-corrected chi connectivity index (χ1v) is 7.24. The molecule has 0 aliphatic carbocycles. The Bertz CT molecular complexity index is 480. The molecule has 0 bridgehead atoms. The predicted molar refractivity (Wildman–Crippen MR) is 76.2 cm³/mol. The average molecular weight is 335 g/mol. The fourth-order valence-corrected chi connectivity index (χ4v) is 2.94. The molecule has 0 aromatic heterocycles. The van der Waals surface area contributed by atoms with Crippen molar-refractivity contribution < 1.29 is 8.78 Å². The Labute approximate surface area is 117 Å². The van der Waals surface area contributed by atoms with Crippen molar-refractivity contribution in [2.45, 2.75) is 13.8 Å².